The lowest BCUT2D eigenvalue weighted by Crippen LogP contribution is -2.36. The van der Waals surface area contributed by atoms with Crippen LogP contribution in [0.4, 0.5) is 0 Å². The number of carbonyl (C=O) groups excluding carboxylic acids is 2. The number of rotatable bonds is 3. The summed E-state index contributed by atoms with van der Waals surface area (Å²) in [4.78, 5) is 24.5. The van der Waals surface area contributed by atoms with E-state index >= 15 is 0 Å². The smallest absolute Gasteiger partial charge is 0.232 e. The fraction of sp³-hybridized carbons (Fsp3) is 0.818. The van der Waals surface area contributed by atoms with Crippen molar-refractivity contribution in [2.24, 2.45) is 11.8 Å². The summed E-state index contributed by atoms with van der Waals surface area (Å²) in [7, 11) is 0. The Bertz CT molecular complexity index is 235. The van der Waals surface area contributed by atoms with E-state index in [1.165, 1.54) is 4.90 Å². The molecule has 0 saturated carbocycles. The van der Waals surface area contributed by atoms with Crippen molar-refractivity contribution in [1.82, 2.24) is 4.90 Å². The van der Waals surface area contributed by atoms with Crippen LogP contribution in [-0.4, -0.2) is 23.3 Å². The highest BCUT2D eigenvalue weighted by atomic mass is 16.2. The number of amides is 2. The standard InChI is InChI=1S/C11H19NO2/c1-8(2)7-9(3)11(14)12-6-4-5-10(12)13/h8-9H,4-7H2,1-3H3/t9-/m0/s1. The van der Waals surface area contributed by atoms with E-state index in [0.717, 1.165) is 12.8 Å². The first kappa shape index (κ1) is 11.2. The summed E-state index contributed by atoms with van der Waals surface area (Å²) in [5, 5.41) is 0. The van der Waals surface area contributed by atoms with Crippen LogP contribution in [0.2, 0.25) is 0 Å². The van der Waals surface area contributed by atoms with Gasteiger partial charge < -0.3 is 0 Å². The molecule has 3 nitrogen and oxygen atoms in total. The van der Waals surface area contributed by atoms with Crippen molar-refractivity contribution >= 4 is 11.8 Å². The van der Waals surface area contributed by atoms with Crippen LogP contribution in [-0.2, 0) is 9.59 Å². The highest BCUT2D eigenvalue weighted by Crippen LogP contribution is 2.18. The van der Waals surface area contributed by atoms with Crippen molar-refractivity contribution in [3.8, 4) is 0 Å². The highest BCUT2D eigenvalue weighted by molar-refractivity contribution is 5.97. The first-order valence-electron chi connectivity index (χ1n) is 5.36. The van der Waals surface area contributed by atoms with Gasteiger partial charge in [-0.3, -0.25) is 14.5 Å². The first-order chi connectivity index (χ1) is 6.52. The van der Waals surface area contributed by atoms with E-state index in [2.05, 4.69) is 13.8 Å². The van der Waals surface area contributed by atoms with Crippen LogP contribution in [0.5, 0.6) is 0 Å². The zero-order chi connectivity index (χ0) is 10.7. The molecule has 1 aliphatic rings. The molecule has 0 aromatic carbocycles. The molecule has 1 aliphatic heterocycles. The minimum atomic E-state index is -0.0166. The molecular weight excluding hydrogens is 178 g/mol. The van der Waals surface area contributed by atoms with Crippen LogP contribution in [0.15, 0.2) is 0 Å². The average molecular weight is 197 g/mol. The van der Waals surface area contributed by atoms with E-state index in [9.17, 15) is 9.59 Å². The molecule has 1 saturated heterocycles. The highest BCUT2D eigenvalue weighted by Gasteiger charge is 2.29. The maximum Gasteiger partial charge on any atom is 0.232 e. The molecule has 2 amide bonds. The second kappa shape index (κ2) is 4.58. The molecule has 0 aromatic heterocycles. The van der Waals surface area contributed by atoms with Crippen molar-refractivity contribution in [2.45, 2.75) is 40.0 Å². The Kier molecular flexibility index (Phi) is 3.67. The molecule has 1 rings (SSSR count). The maximum absolute atomic E-state index is 11.8. The van der Waals surface area contributed by atoms with E-state index in [1.54, 1.807) is 0 Å². The van der Waals surface area contributed by atoms with E-state index in [-0.39, 0.29) is 17.7 Å². The van der Waals surface area contributed by atoms with E-state index in [1.807, 2.05) is 6.92 Å². The molecule has 1 heterocycles. The Hall–Kier alpha value is -0.860. The zero-order valence-electron chi connectivity index (χ0n) is 9.25. The normalized spacial score (nSPS) is 19.1. The quantitative estimate of drug-likeness (QED) is 0.692. The minimum Gasteiger partial charge on any atom is -0.282 e. The lowest BCUT2D eigenvalue weighted by molar-refractivity contribution is -0.144. The Labute approximate surface area is 85.5 Å². The molecule has 3 heteroatoms. The third-order valence-corrected chi connectivity index (χ3v) is 2.59. The van der Waals surface area contributed by atoms with Crippen LogP contribution >= 0.6 is 0 Å². The predicted molar refractivity (Wildman–Crippen MR) is 54.6 cm³/mol. The molecule has 0 spiro atoms. The SMILES string of the molecule is CC(C)C[C@H](C)C(=O)N1CCCC1=O. The minimum absolute atomic E-state index is 0.00519. The van der Waals surface area contributed by atoms with Gasteiger partial charge in [-0.15, -0.1) is 0 Å². The Balaban J connectivity index is 2.51. The van der Waals surface area contributed by atoms with Crippen molar-refractivity contribution in [2.75, 3.05) is 6.54 Å². The summed E-state index contributed by atoms with van der Waals surface area (Å²) in [6.07, 6.45) is 2.24. The van der Waals surface area contributed by atoms with Crippen molar-refractivity contribution in [1.29, 1.82) is 0 Å². The Morgan fingerprint density at radius 2 is 2.07 bits per heavy atom. The van der Waals surface area contributed by atoms with E-state index < -0.39 is 0 Å². The molecule has 0 radical (unpaired) electrons. The van der Waals surface area contributed by atoms with Crippen LogP contribution < -0.4 is 0 Å². The third kappa shape index (κ3) is 2.56. The second-order valence-electron chi connectivity index (χ2n) is 4.52. The summed E-state index contributed by atoms with van der Waals surface area (Å²) in [6.45, 7) is 6.72. The lowest BCUT2D eigenvalue weighted by atomic mass is 9.98. The number of nitrogens with zero attached hydrogens (tertiary/aromatic N) is 1. The van der Waals surface area contributed by atoms with Gasteiger partial charge in [-0.25, -0.2) is 0 Å². The summed E-state index contributed by atoms with van der Waals surface area (Å²) in [5.41, 5.74) is 0. The second-order valence-corrected chi connectivity index (χ2v) is 4.52. The lowest BCUT2D eigenvalue weighted by Gasteiger charge is -2.19. The molecule has 0 aliphatic carbocycles. The molecular formula is C11H19NO2. The van der Waals surface area contributed by atoms with Gasteiger partial charge in [0.2, 0.25) is 11.8 Å². The van der Waals surface area contributed by atoms with Gasteiger partial charge in [-0.05, 0) is 18.8 Å². The fourth-order valence-corrected chi connectivity index (χ4v) is 1.96. The van der Waals surface area contributed by atoms with Gasteiger partial charge in [0.1, 0.15) is 0 Å². The monoisotopic (exact) mass is 197 g/mol. The predicted octanol–water partition coefficient (Wildman–Crippen LogP) is 1.82. The Morgan fingerprint density at radius 1 is 1.43 bits per heavy atom. The van der Waals surface area contributed by atoms with Crippen molar-refractivity contribution in [3.05, 3.63) is 0 Å². The van der Waals surface area contributed by atoms with E-state index in [4.69, 9.17) is 0 Å². The number of hydrogen-bond donors (Lipinski definition) is 0. The Morgan fingerprint density at radius 3 is 2.50 bits per heavy atom. The first-order valence-corrected chi connectivity index (χ1v) is 5.36. The van der Waals surface area contributed by atoms with Gasteiger partial charge in [0.25, 0.3) is 0 Å². The third-order valence-electron chi connectivity index (χ3n) is 2.59. The van der Waals surface area contributed by atoms with Gasteiger partial charge in [-0.2, -0.15) is 0 Å². The summed E-state index contributed by atoms with van der Waals surface area (Å²) in [6, 6.07) is 0. The van der Waals surface area contributed by atoms with Gasteiger partial charge in [-0.1, -0.05) is 20.8 Å². The average Bonchev–Trinajstić information content (AvgIpc) is 2.48. The molecule has 1 atom stereocenters. The summed E-state index contributed by atoms with van der Waals surface area (Å²) < 4.78 is 0. The van der Waals surface area contributed by atoms with Crippen molar-refractivity contribution < 1.29 is 9.59 Å². The summed E-state index contributed by atoms with van der Waals surface area (Å²) in [5.74, 6) is 0.510. The number of carbonyl (C=O) groups is 2. The number of hydrogen-bond acceptors (Lipinski definition) is 2. The van der Waals surface area contributed by atoms with Crippen LogP contribution in [0.25, 0.3) is 0 Å². The van der Waals surface area contributed by atoms with Crippen LogP contribution in [0.1, 0.15) is 40.0 Å². The molecule has 0 N–H and O–H groups in total. The van der Waals surface area contributed by atoms with Gasteiger partial charge in [0, 0.05) is 18.9 Å². The maximum atomic E-state index is 11.8. The number of likely N-dealkylation sites (tertiary alicyclic amines) is 1. The van der Waals surface area contributed by atoms with E-state index in [0.29, 0.717) is 18.9 Å². The fourth-order valence-electron chi connectivity index (χ4n) is 1.96. The van der Waals surface area contributed by atoms with Gasteiger partial charge in [0.15, 0.2) is 0 Å². The number of imide groups is 1. The molecule has 0 bridgehead atoms. The molecule has 80 valence electrons. The molecule has 1 fully saturated rings. The zero-order valence-corrected chi connectivity index (χ0v) is 9.25. The van der Waals surface area contributed by atoms with Crippen LogP contribution in [0, 0.1) is 11.8 Å². The van der Waals surface area contributed by atoms with Crippen molar-refractivity contribution in [3.63, 3.8) is 0 Å². The molecule has 0 unspecified atom stereocenters. The van der Waals surface area contributed by atoms with Crippen LogP contribution in [0.3, 0.4) is 0 Å². The molecule has 0 aromatic rings. The van der Waals surface area contributed by atoms with Gasteiger partial charge >= 0.3 is 0 Å². The van der Waals surface area contributed by atoms with Gasteiger partial charge in [0.05, 0.1) is 0 Å². The largest absolute Gasteiger partial charge is 0.282 e. The molecule has 14 heavy (non-hydrogen) atoms. The summed E-state index contributed by atoms with van der Waals surface area (Å²) >= 11 is 0. The topological polar surface area (TPSA) is 37.4 Å².